The Kier molecular flexibility index (Phi) is 4.86. The van der Waals surface area contributed by atoms with Crippen LogP contribution in [0, 0.1) is 0 Å². The zero-order valence-corrected chi connectivity index (χ0v) is 15.5. The van der Waals surface area contributed by atoms with Crippen LogP contribution in [-0.2, 0) is 10.2 Å². The molecule has 136 valence electrons. The highest BCUT2D eigenvalue weighted by atomic mass is 35.5. The number of carbonyl (C=O) groups excluding carboxylic acids is 1. The Labute approximate surface area is 159 Å². The lowest BCUT2D eigenvalue weighted by Crippen LogP contribution is -2.45. The number of hydrogen-bond acceptors (Lipinski definition) is 3. The number of benzene rings is 1. The number of ether oxygens (including phenoxy) is 1. The minimum absolute atomic E-state index is 0.0463. The molecule has 0 bridgehead atoms. The molecule has 1 aromatic carbocycles. The summed E-state index contributed by atoms with van der Waals surface area (Å²) < 4.78 is 6.02. The van der Waals surface area contributed by atoms with Gasteiger partial charge in [-0.1, -0.05) is 36.6 Å². The van der Waals surface area contributed by atoms with E-state index in [1.807, 2.05) is 41.3 Å². The number of likely N-dealkylation sites (tertiary alicyclic amines) is 1. The molecule has 5 heteroatoms. The molecule has 1 saturated carbocycles. The zero-order valence-electron chi connectivity index (χ0n) is 14.7. The van der Waals surface area contributed by atoms with Gasteiger partial charge in [0.2, 0.25) is 5.91 Å². The largest absolute Gasteiger partial charge is 0.488 e. The van der Waals surface area contributed by atoms with Gasteiger partial charge >= 0.3 is 0 Å². The van der Waals surface area contributed by atoms with E-state index in [0.717, 1.165) is 50.0 Å². The molecule has 26 heavy (non-hydrogen) atoms. The topological polar surface area (TPSA) is 42.4 Å². The molecule has 0 spiro atoms. The average Bonchev–Trinajstić information content (AvgIpc) is 3.33. The zero-order chi connectivity index (χ0) is 18.0. The molecule has 2 fully saturated rings. The molecule has 0 radical (unpaired) electrons. The quantitative estimate of drug-likeness (QED) is 0.808. The van der Waals surface area contributed by atoms with Crippen molar-refractivity contribution in [3.8, 4) is 5.75 Å². The van der Waals surface area contributed by atoms with E-state index in [2.05, 4.69) is 4.98 Å². The standard InChI is InChI=1S/C21H23ClN2O2/c22-17-5-3-16(4-6-17)21(10-1-2-11-21)20(25)24-14-9-19(15-24)26-18-7-12-23-13-8-18/h3-8,12-13,19H,1-2,9-11,14-15H2/t19-/m0/s1. The summed E-state index contributed by atoms with van der Waals surface area (Å²) in [5, 5.41) is 0.710. The van der Waals surface area contributed by atoms with Crippen molar-refractivity contribution < 1.29 is 9.53 Å². The summed E-state index contributed by atoms with van der Waals surface area (Å²) in [5.74, 6) is 1.06. The predicted molar refractivity (Wildman–Crippen MR) is 101 cm³/mol. The summed E-state index contributed by atoms with van der Waals surface area (Å²) >= 11 is 6.05. The first-order chi connectivity index (χ1) is 12.7. The molecule has 2 aliphatic rings. The number of carbonyl (C=O) groups is 1. The molecule has 2 heterocycles. The first-order valence-electron chi connectivity index (χ1n) is 9.29. The van der Waals surface area contributed by atoms with Gasteiger partial charge in [-0.05, 0) is 42.7 Å². The molecular formula is C21H23ClN2O2. The van der Waals surface area contributed by atoms with E-state index in [4.69, 9.17) is 16.3 Å². The van der Waals surface area contributed by atoms with Crippen molar-refractivity contribution in [2.24, 2.45) is 0 Å². The van der Waals surface area contributed by atoms with Gasteiger partial charge < -0.3 is 9.64 Å². The first-order valence-corrected chi connectivity index (χ1v) is 9.67. The summed E-state index contributed by atoms with van der Waals surface area (Å²) in [7, 11) is 0. The van der Waals surface area contributed by atoms with Gasteiger partial charge in [-0.25, -0.2) is 0 Å². The van der Waals surface area contributed by atoms with Gasteiger partial charge in [-0.3, -0.25) is 9.78 Å². The summed E-state index contributed by atoms with van der Waals surface area (Å²) in [6.07, 6.45) is 8.38. The van der Waals surface area contributed by atoms with Gasteiger partial charge in [0.25, 0.3) is 0 Å². The number of rotatable bonds is 4. The molecule has 1 aromatic heterocycles. The van der Waals surface area contributed by atoms with Crippen molar-refractivity contribution in [2.75, 3.05) is 13.1 Å². The number of nitrogens with zero attached hydrogens (tertiary/aromatic N) is 2. The van der Waals surface area contributed by atoms with Crippen LogP contribution in [-0.4, -0.2) is 35.0 Å². The molecule has 1 amide bonds. The van der Waals surface area contributed by atoms with E-state index < -0.39 is 5.41 Å². The molecule has 4 nitrogen and oxygen atoms in total. The van der Waals surface area contributed by atoms with Gasteiger partial charge in [0.05, 0.1) is 12.0 Å². The lowest BCUT2D eigenvalue weighted by Gasteiger charge is -2.33. The van der Waals surface area contributed by atoms with E-state index in [-0.39, 0.29) is 12.0 Å². The second kappa shape index (κ2) is 7.28. The third-order valence-electron chi connectivity index (χ3n) is 5.65. The Bertz CT molecular complexity index is 757. The molecule has 1 atom stereocenters. The van der Waals surface area contributed by atoms with Gasteiger partial charge in [-0.2, -0.15) is 0 Å². The normalized spacial score (nSPS) is 21.7. The van der Waals surface area contributed by atoms with Crippen molar-refractivity contribution >= 4 is 17.5 Å². The molecule has 0 N–H and O–H groups in total. The Morgan fingerprint density at radius 2 is 1.81 bits per heavy atom. The van der Waals surface area contributed by atoms with Gasteiger partial charge in [0.1, 0.15) is 11.9 Å². The van der Waals surface area contributed by atoms with Crippen LogP contribution >= 0.6 is 11.6 Å². The Hall–Kier alpha value is -2.07. The van der Waals surface area contributed by atoms with Crippen LogP contribution in [0.4, 0.5) is 0 Å². The van der Waals surface area contributed by atoms with E-state index >= 15 is 0 Å². The second-order valence-corrected chi connectivity index (χ2v) is 7.70. The number of aromatic nitrogens is 1. The second-order valence-electron chi connectivity index (χ2n) is 7.26. The van der Waals surface area contributed by atoms with E-state index in [9.17, 15) is 4.79 Å². The fourth-order valence-corrected chi connectivity index (χ4v) is 4.42. The highest BCUT2D eigenvalue weighted by molar-refractivity contribution is 6.30. The van der Waals surface area contributed by atoms with Gasteiger partial charge in [0.15, 0.2) is 0 Å². The molecule has 1 aliphatic heterocycles. The maximum Gasteiger partial charge on any atom is 0.233 e. The van der Waals surface area contributed by atoms with Crippen LogP contribution in [0.15, 0.2) is 48.8 Å². The Morgan fingerprint density at radius 3 is 2.50 bits per heavy atom. The van der Waals surface area contributed by atoms with Crippen molar-refractivity contribution in [3.05, 3.63) is 59.4 Å². The summed E-state index contributed by atoms with van der Waals surface area (Å²) in [4.78, 5) is 19.5. The van der Waals surface area contributed by atoms with E-state index in [1.54, 1.807) is 12.4 Å². The van der Waals surface area contributed by atoms with Gasteiger partial charge in [0, 0.05) is 30.4 Å². The van der Waals surface area contributed by atoms with Crippen LogP contribution in [0.5, 0.6) is 5.75 Å². The number of hydrogen-bond donors (Lipinski definition) is 0. The minimum Gasteiger partial charge on any atom is -0.488 e. The van der Waals surface area contributed by atoms with E-state index in [0.29, 0.717) is 11.6 Å². The van der Waals surface area contributed by atoms with Crippen LogP contribution in [0.2, 0.25) is 5.02 Å². The predicted octanol–water partition coefficient (Wildman–Crippen LogP) is 4.23. The molecule has 0 unspecified atom stereocenters. The first kappa shape index (κ1) is 17.3. The summed E-state index contributed by atoms with van der Waals surface area (Å²) in [6.45, 7) is 1.40. The van der Waals surface area contributed by atoms with Crippen LogP contribution in [0.1, 0.15) is 37.7 Å². The number of halogens is 1. The molecule has 4 rings (SSSR count). The average molecular weight is 371 g/mol. The lowest BCUT2D eigenvalue weighted by molar-refractivity contribution is -0.136. The monoisotopic (exact) mass is 370 g/mol. The van der Waals surface area contributed by atoms with Crippen LogP contribution in [0.25, 0.3) is 0 Å². The fraction of sp³-hybridized carbons (Fsp3) is 0.429. The highest BCUT2D eigenvalue weighted by Crippen LogP contribution is 2.43. The molecule has 1 aliphatic carbocycles. The third kappa shape index (κ3) is 3.30. The molecular weight excluding hydrogens is 348 g/mol. The third-order valence-corrected chi connectivity index (χ3v) is 5.90. The minimum atomic E-state index is -0.393. The molecule has 1 saturated heterocycles. The smallest absolute Gasteiger partial charge is 0.233 e. The number of amides is 1. The van der Waals surface area contributed by atoms with Crippen molar-refractivity contribution in [1.82, 2.24) is 9.88 Å². The Balaban J connectivity index is 1.49. The summed E-state index contributed by atoms with van der Waals surface area (Å²) in [5.41, 5.74) is 0.707. The van der Waals surface area contributed by atoms with E-state index in [1.165, 1.54) is 0 Å². The fourth-order valence-electron chi connectivity index (χ4n) is 4.29. The highest BCUT2D eigenvalue weighted by Gasteiger charge is 2.46. The van der Waals surface area contributed by atoms with Gasteiger partial charge in [-0.15, -0.1) is 0 Å². The summed E-state index contributed by atoms with van der Waals surface area (Å²) in [6, 6.07) is 11.5. The SMILES string of the molecule is O=C(N1CC[C@H](Oc2ccncc2)C1)C1(c2ccc(Cl)cc2)CCCC1. The Morgan fingerprint density at radius 1 is 1.12 bits per heavy atom. The maximum absolute atomic E-state index is 13.5. The van der Waals surface area contributed by atoms with Crippen LogP contribution in [0.3, 0.4) is 0 Å². The van der Waals surface area contributed by atoms with Crippen molar-refractivity contribution in [3.63, 3.8) is 0 Å². The molecule has 2 aromatic rings. The van der Waals surface area contributed by atoms with Crippen molar-refractivity contribution in [2.45, 2.75) is 43.6 Å². The number of pyridine rings is 1. The maximum atomic E-state index is 13.5. The lowest BCUT2D eigenvalue weighted by atomic mass is 9.77. The van der Waals surface area contributed by atoms with Crippen molar-refractivity contribution in [1.29, 1.82) is 0 Å². The van der Waals surface area contributed by atoms with Crippen LogP contribution < -0.4 is 4.74 Å².